The van der Waals surface area contributed by atoms with E-state index in [2.05, 4.69) is 20.8 Å². The lowest BCUT2D eigenvalue weighted by Gasteiger charge is -2.13. The minimum absolute atomic E-state index is 0.148. The molecule has 1 heteroatoms. The molecular formula is C13H19F. The van der Waals surface area contributed by atoms with Crippen molar-refractivity contribution in [3.63, 3.8) is 0 Å². The van der Waals surface area contributed by atoms with Gasteiger partial charge in [-0.2, -0.15) is 0 Å². The van der Waals surface area contributed by atoms with Crippen LogP contribution in [-0.2, 0) is 0 Å². The van der Waals surface area contributed by atoms with E-state index in [9.17, 15) is 4.39 Å². The van der Waals surface area contributed by atoms with Crippen LogP contribution in [0.1, 0.15) is 45.1 Å². The van der Waals surface area contributed by atoms with Gasteiger partial charge in [-0.15, -0.1) is 0 Å². The fraction of sp³-hybridized carbons (Fsp3) is 0.538. The maximum Gasteiger partial charge on any atom is 0.123 e. The van der Waals surface area contributed by atoms with E-state index in [1.54, 1.807) is 12.1 Å². The second-order valence-electron chi connectivity index (χ2n) is 4.42. The third-order valence-corrected chi connectivity index (χ3v) is 2.62. The topological polar surface area (TPSA) is 0 Å². The molecule has 0 aromatic heterocycles. The SMILES string of the molecule is CC(C)CCC(C)c1ccc(F)cc1. The molecule has 1 rings (SSSR count). The summed E-state index contributed by atoms with van der Waals surface area (Å²) in [5, 5.41) is 0. The van der Waals surface area contributed by atoms with Crippen LogP contribution in [0.25, 0.3) is 0 Å². The van der Waals surface area contributed by atoms with Gasteiger partial charge in [-0.1, -0.05) is 39.3 Å². The first-order valence-corrected chi connectivity index (χ1v) is 5.35. The summed E-state index contributed by atoms with van der Waals surface area (Å²) in [7, 11) is 0. The Morgan fingerprint density at radius 1 is 1.00 bits per heavy atom. The normalized spacial score (nSPS) is 13.2. The molecule has 0 N–H and O–H groups in total. The van der Waals surface area contributed by atoms with E-state index in [1.807, 2.05) is 12.1 Å². The Hall–Kier alpha value is -0.850. The van der Waals surface area contributed by atoms with Gasteiger partial charge in [-0.25, -0.2) is 4.39 Å². The largest absolute Gasteiger partial charge is 0.207 e. The molecule has 0 bridgehead atoms. The summed E-state index contributed by atoms with van der Waals surface area (Å²) >= 11 is 0. The third-order valence-electron chi connectivity index (χ3n) is 2.62. The van der Waals surface area contributed by atoms with E-state index >= 15 is 0 Å². The van der Waals surface area contributed by atoms with Crippen molar-refractivity contribution < 1.29 is 4.39 Å². The Bertz CT molecular complexity index is 261. The Labute approximate surface area is 86.2 Å². The highest BCUT2D eigenvalue weighted by Crippen LogP contribution is 2.22. The van der Waals surface area contributed by atoms with Crippen molar-refractivity contribution in [2.24, 2.45) is 5.92 Å². The molecule has 0 radical (unpaired) electrons. The zero-order valence-electron chi connectivity index (χ0n) is 9.26. The zero-order chi connectivity index (χ0) is 10.6. The van der Waals surface area contributed by atoms with Crippen molar-refractivity contribution in [3.8, 4) is 0 Å². The minimum atomic E-state index is -0.148. The van der Waals surface area contributed by atoms with Crippen LogP contribution >= 0.6 is 0 Å². The van der Waals surface area contributed by atoms with Crippen LogP contribution in [0.5, 0.6) is 0 Å². The fourth-order valence-corrected chi connectivity index (χ4v) is 1.54. The lowest BCUT2D eigenvalue weighted by Crippen LogP contribution is -1.96. The number of hydrogen-bond acceptors (Lipinski definition) is 0. The smallest absolute Gasteiger partial charge is 0.123 e. The van der Waals surface area contributed by atoms with Crippen LogP contribution in [0, 0.1) is 11.7 Å². The highest BCUT2D eigenvalue weighted by Gasteiger charge is 2.06. The van der Waals surface area contributed by atoms with Gasteiger partial charge in [0, 0.05) is 0 Å². The lowest BCUT2D eigenvalue weighted by molar-refractivity contribution is 0.516. The predicted octanol–water partition coefficient (Wildman–Crippen LogP) is 4.37. The van der Waals surface area contributed by atoms with E-state index in [-0.39, 0.29) is 5.82 Å². The summed E-state index contributed by atoms with van der Waals surface area (Å²) < 4.78 is 12.7. The Kier molecular flexibility index (Phi) is 4.12. The van der Waals surface area contributed by atoms with Crippen molar-refractivity contribution >= 4 is 0 Å². The van der Waals surface area contributed by atoms with Crippen LogP contribution in [0.2, 0.25) is 0 Å². The molecule has 0 saturated carbocycles. The molecule has 1 unspecified atom stereocenters. The van der Waals surface area contributed by atoms with Crippen LogP contribution in [0.3, 0.4) is 0 Å². The van der Waals surface area contributed by atoms with Crippen LogP contribution < -0.4 is 0 Å². The van der Waals surface area contributed by atoms with Crippen molar-refractivity contribution in [1.82, 2.24) is 0 Å². The number of benzene rings is 1. The van der Waals surface area contributed by atoms with Gasteiger partial charge in [-0.05, 0) is 36.0 Å². The van der Waals surface area contributed by atoms with E-state index in [0.29, 0.717) is 5.92 Å². The van der Waals surface area contributed by atoms with Gasteiger partial charge in [0.15, 0.2) is 0 Å². The highest BCUT2D eigenvalue weighted by molar-refractivity contribution is 5.19. The average Bonchev–Trinajstić information content (AvgIpc) is 2.15. The summed E-state index contributed by atoms with van der Waals surface area (Å²) in [5.41, 5.74) is 1.24. The molecule has 14 heavy (non-hydrogen) atoms. The second-order valence-corrected chi connectivity index (χ2v) is 4.42. The monoisotopic (exact) mass is 194 g/mol. The fourth-order valence-electron chi connectivity index (χ4n) is 1.54. The average molecular weight is 194 g/mol. The van der Waals surface area contributed by atoms with Crippen LogP contribution in [0.4, 0.5) is 4.39 Å². The van der Waals surface area contributed by atoms with Gasteiger partial charge >= 0.3 is 0 Å². The van der Waals surface area contributed by atoms with Crippen molar-refractivity contribution in [2.75, 3.05) is 0 Å². The van der Waals surface area contributed by atoms with Crippen LogP contribution in [0.15, 0.2) is 24.3 Å². The first-order chi connectivity index (χ1) is 6.59. The minimum Gasteiger partial charge on any atom is -0.207 e. The molecule has 0 amide bonds. The Morgan fingerprint density at radius 3 is 2.07 bits per heavy atom. The Balaban J connectivity index is 2.52. The molecule has 0 aliphatic heterocycles. The first-order valence-electron chi connectivity index (χ1n) is 5.35. The highest BCUT2D eigenvalue weighted by atomic mass is 19.1. The quantitative estimate of drug-likeness (QED) is 0.667. The zero-order valence-corrected chi connectivity index (χ0v) is 9.26. The molecule has 78 valence electrons. The molecule has 1 aromatic carbocycles. The van der Waals surface area contributed by atoms with E-state index in [0.717, 1.165) is 5.92 Å². The molecule has 0 heterocycles. The molecule has 0 spiro atoms. The maximum absolute atomic E-state index is 12.7. The lowest BCUT2D eigenvalue weighted by atomic mass is 9.93. The maximum atomic E-state index is 12.7. The van der Waals surface area contributed by atoms with Crippen molar-refractivity contribution in [3.05, 3.63) is 35.6 Å². The molecule has 0 nitrogen and oxygen atoms in total. The molecule has 0 aliphatic rings. The number of rotatable bonds is 4. The van der Waals surface area contributed by atoms with E-state index in [1.165, 1.54) is 18.4 Å². The summed E-state index contributed by atoms with van der Waals surface area (Å²) in [6, 6.07) is 6.86. The van der Waals surface area contributed by atoms with Crippen molar-refractivity contribution in [1.29, 1.82) is 0 Å². The van der Waals surface area contributed by atoms with E-state index in [4.69, 9.17) is 0 Å². The summed E-state index contributed by atoms with van der Waals surface area (Å²) in [6.07, 6.45) is 2.42. The molecule has 0 aliphatic carbocycles. The van der Waals surface area contributed by atoms with Gasteiger partial charge in [0.25, 0.3) is 0 Å². The van der Waals surface area contributed by atoms with Gasteiger partial charge in [0.1, 0.15) is 5.82 Å². The van der Waals surface area contributed by atoms with E-state index < -0.39 is 0 Å². The van der Waals surface area contributed by atoms with Crippen LogP contribution in [-0.4, -0.2) is 0 Å². The number of halogens is 1. The third kappa shape index (κ3) is 3.49. The Morgan fingerprint density at radius 2 is 1.57 bits per heavy atom. The predicted molar refractivity (Wildman–Crippen MR) is 58.9 cm³/mol. The molecule has 0 fully saturated rings. The standard InChI is InChI=1S/C13H19F/c1-10(2)4-5-11(3)12-6-8-13(14)9-7-12/h6-11H,4-5H2,1-3H3. The van der Waals surface area contributed by atoms with Gasteiger partial charge < -0.3 is 0 Å². The van der Waals surface area contributed by atoms with Gasteiger partial charge in [-0.3, -0.25) is 0 Å². The van der Waals surface area contributed by atoms with Gasteiger partial charge in [0.2, 0.25) is 0 Å². The second kappa shape index (κ2) is 5.14. The van der Waals surface area contributed by atoms with Crippen molar-refractivity contribution in [2.45, 2.75) is 39.5 Å². The molecule has 0 saturated heterocycles. The summed E-state index contributed by atoms with van der Waals surface area (Å²) in [4.78, 5) is 0. The molecular weight excluding hydrogens is 175 g/mol. The number of hydrogen-bond donors (Lipinski definition) is 0. The van der Waals surface area contributed by atoms with Gasteiger partial charge in [0.05, 0.1) is 0 Å². The molecule has 1 atom stereocenters. The summed E-state index contributed by atoms with van der Waals surface area (Å²) in [6.45, 7) is 6.67. The molecule has 1 aromatic rings. The first kappa shape index (κ1) is 11.2. The summed E-state index contributed by atoms with van der Waals surface area (Å²) in [5.74, 6) is 1.14.